The van der Waals surface area contributed by atoms with Gasteiger partial charge >= 0.3 is 6.03 Å². The van der Waals surface area contributed by atoms with E-state index in [0.29, 0.717) is 12.6 Å². The van der Waals surface area contributed by atoms with Crippen molar-refractivity contribution in [3.05, 3.63) is 12.7 Å². The van der Waals surface area contributed by atoms with Crippen molar-refractivity contribution < 1.29 is 9.59 Å². The van der Waals surface area contributed by atoms with Gasteiger partial charge in [-0.05, 0) is 32.4 Å². The Morgan fingerprint density at radius 2 is 2.29 bits per heavy atom. The largest absolute Gasteiger partial charge is 0.334 e. The number of nitrogens with zero attached hydrogens (tertiary/aromatic N) is 1. The summed E-state index contributed by atoms with van der Waals surface area (Å²) in [6.07, 6.45) is 6.08. The number of carbonyl (C=O) groups excluding carboxylic acids is 2. The smallest absolute Gasteiger partial charge is 0.321 e. The third kappa shape index (κ3) is 7.82. The van der Waals surface area contributed by atoms with Gasteiger partial charge in [0, 0.05) is 19.1 Å². The van der Waals surface area contributed by atoms with Gasteiger partial charge < -0.3 is 10.6 Å². The minimum absolute atomic E-state index is 0.259. The van der Waals surface area contributed by atoms with E-state index in [1.165, 1.54) is 6.42 Å². The molecule has 120 valence electrons. The highest BCUT2D eigenvalue weighted by atomic mass is 16.2. The predicted molar refractivity (Wildman–Crippen MR) is 84.1 cm³/mol. The van der Waals surface area contributed by atoms with Gasteiger partial charge in [0.2, 0.25) is 5.91 Å². The molecule has 6 heteroatoms. The molecule has 1 fully saturated rings. The van der Waals surface area contributed by atoms with Crippen LogP contribution in [0.5, 0.6) is 0 Å². The number of imide groups is 1. The van der Waals surface area contributed by atoms with Gasteiger partial charge in [-0.25, -0.2) is 4.79 Å². The Balaban J connectivity index is 2.36. The third-order valence-electron chi connectivity index (χ3n) is 3.50. The van der Waals surface area contributed by atoms with E-state index in [1.54, 1.807) is 6.08 Å². The van der Waals surface area contributed by atoms with E-state index >= 15 is 0 Å². The SMILES string of the molecule is C=CCNC(=O)NC(=O)CN(CCCC)CC1CCCN1. The van der Waals surface area contributed by atoms with Crippen LogP contribution in [0.25, 0.3) is 0 Å². The molecule has 1 atom stereocenters. The van der Waals surface area contributed by atoms with Crippen molar-refractivity contribution in [2.45, 2.75) is 38.6 Å². The van der Waals surface area contributed by atoms with E-state index in [1.807, 2.05) is 0 Å². The fourth-order valence-corrected chi connectivity index (χ4v) is 2.42. The van der Waals surface area contributed by atoms with Gasteiger partial charge in [0.05, 0.1) is 6.54 Å². The summed E-state index contributed by atoms with van der Waals surface area (Å²) in [5.74, 6) is -0.259. The summed E-state index contributed by atoms with van der Waals surface area (Å²) in [7, 11) is 0. The lowest BCUT2D eigenvalue weighted by Crippen LogP contribution is -2.47. The Hall–Kier alpha value is -1.40. The van der Waals surface area contributed by atoms with Crippen molar-refractivity contribution in [2.24, 2.45) is 0 Å². The van der Waals surface area contributed by atoms with Crippen molar-refractivity contribution in [1.82, 2.24) is 20.9 Å². The Morgan fingerprint density at radius 3 is 2.90 bits per heavy atom. The number of unbranched alkanes of at least 4 members (excludes halogenated alkanes) is 1. The van der Waals surface area contributed by atoms with E-state index in [9.17, 15) is 9.59 Å². The van der Waals surface area contributed by atoms with Crippen LogP contribution in [-0.2, 0) is 4.79 Å². The van der Waals surface area contributed by atoms with Crippen LogP contribution in [0, 0.1) is 0 Å². The highest BCUT2D eigenvalue weighted by Crippen LogP contribution is 2.07. The van der Waals surface area contributed by atoms with Crippen LogP contribution >= 0.6 is 0 Å². The summed E-state index contributed by atoms with van der Waals surface area (Å²) in [5.41, 5.74) is 0. The van der Waals surface area contributed by atoms with Crippen molar-refractivity contribution >= 4 is 11.9 Å². The van der Waals surface area contributed by atoms with Crippen molar-refractivity contribution in [2.75, 3.05) is 32.7 Å². The average molecular weight is 296 g/mol. The monoisotopic (exact) mass is 296 g/mol. The molecular formula is C15H28N4O2. The molecular weight excluding hydrogens is 268 g/mol. The van der Waals surface area contributed by atoms with Gasteiger partial charge in [-0.3, -0.25) is 15.0 Å². The molecule has 3 amide bonds. The second-order valence-electron chi connectivity index (χ2n) is 5.43. The van der Waals surface area contributed by atoms with Gasteiger partial charge in [0.15, 0.2) is 0 Å². The second-order valence-corrected chi connectivity index (χ2v) is 5.43. The molecule has 6 nitrogen and oxygen atoms in total. The Bertz CT molecular complexity index is 341. The molecule has 1 rings (SSSR count). The number of rotatable bonds is 9. The van der Waals surface area contributed by atoms with Crippen LogP contribution in [0.1, 0.15) is 32.6 Å². The maximum Gasteiger partial charge on any atom is 0.321 e. The van der Waals surface area contributed by atoms with E-state index in [2.05, 4.69) is 34.4 Å². The zero-order valence-corrected chi connectivity index (χ0v) is 13.0. The number of carbonyl (C=O) groups is 2. The highest BCUT2D eigenvalue weighted by Gasteiger charge is 2.19. The molecule has 0 radical (unpaired) electrons. The number of nitrogens with one attached hydrogen (secondary N) is 3. The van der Waals surface area contributed by atoms with E-state index in [4.69, 9.17) is 0 Å². The molecule has 1 heterocycles. The summed E-state index contributed by atoms with van der Waals surface area (Å²) in [6, 6.07) is -0.00131. The van der Waals surface area contributed by atoms with E-state index in [0.717, 1.165) is 38.9 Å². The first-order valence-electron chi connectivity index (χ1n) is 7.80. The minimum Gasteiger partial charge on any atom is -0.334 e. The van der Waals surface area contributed by atoms with Crippen LogP contribution in [0.2, 0.25) is 0 Å². The Kier molecular flexibility index (Phi) is 8.69. The Morgan fingerprint density at radius 1 is 1.48 bits per heavy atom. The van der Waals surface area contributed by atoms with Gasteiger partial charge in [-0.1, -0.05) is 19.4 Å². The topological polar surface area (TPSA) is 73.5 Å². The quantitative estimate of drug-likeness (QED) is 0.552. The maximum atomic E-state index is 11.9. The Labute approximate surface area is 127 Å². The summed E-state index contributed by atoms with van der Waals surface area (Å²) in [4.78, 5) is 25.5. The molecule has 1 unspecified atom stereocenters. The van der Waals surface area contributed by atoms with Crippen molar-refractivity contribution in [1.29, 1.82) is 0 Å². The van der Waals surface area contributed by atoms with Crippen LogP contribution in [-0.4, -0.2) is 55.6 Å². The van der Waals surface area contributed by atoms with E-state index in [-0.39, 0.29) is 12.5 Å². The van der Waals surface area contributed by atoms with Crippen LogP contribution < -0.4 is 16.0 Å². The number of urea groups is 1. The molecule has 21 heavy (non-hydrogen) atoms. The summed E-state index contributed by atoms with van der Waals surface area (Å²) in [6.45, 7) is 9.06. The summed E-state index contributed by atoms with van der Waals surface area (Å²) < 4.78 is 0. The number of hydrogen-bond acceptors (Lipinski definition) is 4. The molecule has 0 aromatic heterocycles. The molecule has 1 aliphatic rings. The normalized spacial score (nSPS) is 17.7. The molecule has 0 bridgehead atoms. The molecule has 0 aromatic carbocycles. The van der Waals surface area contributed by atoms with Crippen molar-refractivity contribution in [3.8, 4) is 0 Å². The number of hydrogen-bond donors (Lipinski definition) is 3. The van der Waals surface area contributed by atoms with Gasteiger partial charge in [-0.15, -0.1) is 6.58 Å². The fraction of sp³-hybridized carbons (Fsp3) is 0.733. The first-order valence-corrected chi connectivity index (χ1v) is 7.80. The molecule has 1 saturated heterocycles. The van der Waals surface area contributed by atoms with Crippen LogP contribution in [0.3, 0.4) is 0 Å². The van der Waals surface area contributed by atoms with Gasteiger partial charge in [0.25, 0.3) is 0 Å². The first-order chi connectivity index (χ1) is 10.2. The molecule has 0 aliphatic carbocycles. The standard InChI is InChI=1S/C15H28N4O2/c1-3-5-10-19(11-13-7-6-9-16-13)12-14(20)18-15(21)17-8-4-2/h4,13,16H,2-3,5-12H2,1H3,(H2,17,18,20,21). The molecule has 0 aromatic rings. The fourth-order valence-electron chi connectivity index (χ4n) is 2.42. The summed E-state index contributed by atoms with van der Waals surface area (Å²) in [5, 5.41) is 8.32. The minimum atomic E-state index is -0.464. The van der Waals surface area contributed by atoms with Gasteiger partial charge in [-0.2, -0.15) is 0 Å². The summed E-state index contributed by atoms with van der Waals surface area (Å²) >= 11 is 0. The zero-order chi connectivity index (χ0) is 15.5. The lowest BCUT2D eigenvalue weighted by atomic mass is 10.2. The lowest BCUT2D eigenvalue weighted by Gasteiger charge is -2.24. The third-order valence-corrected chi connectivity index (χ3v) is 3.50. The second kappa shape index (κ2) is 10.3. The van der Waals surface area contributed by atoms with E-state index < -0.39 is 6.03 Å². The molecule has 0 saturated carbocycles. The van der Waals surface area contributed by atoms with Crippen LogP contribution in [0.4, 0.5) is 4.79 Å². The zero-order valence-electron chi connectivity index (χ0n) is 13.0. The molecule has 3 N–H and O–H groups in total. The van der Waals surface area contributed by atoms with Crippen LogP contribution in [0.15, 0.2) is 12.7 Å². The predicted octanol–water partition coefficient (Wildman–Crippen LogP) is 0.852. The molecule has 1 aliphatic heterocycles. The van der Waals surface area contributed by atoms with Crippen molar-refractivity contribution in [3.63, 3.8) is 0 Å². The lowest BCUT2D eigenvalue weighted by molar-refractivity contribution is -0.121. The maximum absolute atomic E-state index is 11.9. The highest BCUT2D eigenvalue weighted by molar-refractivity contribution is 5.95. The molecule has 0 spiro atoms. The van der Waals surface area contributed by atoms with Gasteiger partial charge in [0.1, 0.15) is 0 Å². The average Bonchev–Trinajstić information content (AvgIpc) is 2.95. The first kappa shape index (κ1) is 17.7. The number of amides is 3.